The van der Waals surface area contributed by atoms with Gasteiger partial charge >= 0.3 is 6.03 Å². The Kier molecular flexibility index (Phi) is 5.43. The van der Waals surface area contributed by atoms with Crippen LogP contribution in [-0.4, -0.2) is 6.03 Å². The summed E-state index contributed by atoms with van der Waals surface area (Å²) in [6, 6.07) is 23.5. The molecule has 0 aliphatic rings. The van der Waals surface area contributed by atoms with Crippen molar-refractivity contribution in [1.29, 1.82) is 0 Å². The summed E-state index contributed by atoms with van der Waals surface area (Å²) in [6.45, 7) is 0. The van der Waals surface area contributed by atoms with Crippen molar-refractivity contribution in [2.24, 2.45) is 0 Å². The number of amides is 2. The Hall–Kier alpha value is -2.69. The first-order chi connectivity index (χ1) is 12.1. The number of halogens is 2. The first-order valence-electron chi connectivity index (χ1n) is 7.56. The Morgan fingerprint density at radius 1 is 0.800 bits per heavy atom. The molecule has 0 heterocycles. The van der Waals surface area contributed by atoms with Crippen LogP contribution in [0.3, 0.4) is 0 Å². The number of hydrogen-bond donors (Lipinski definition) is 2. The zero-order valence-corrected chi connectivity index (χ0v) is 14.6. The van der Waals surface area contributed by atoms with Crippen molar-refractivity contribution in [3.8, 4) is 0 Å². The molecule has 2 amide bonds. The number of carbonyl (C=O) groups is 1. The van der Waals surface area contributed by atoms with E-state index in [1.54, 1.807) is 23.2 Å². The average Bonchev–Trinajstić information content (AvgIpc) is 2.63. The van der Waals surface area contributed by atoms with Crippen molar-refractivity contribution >= 4 is 46.3 Å². The Morgan fingerprint density at radius 3 is 1.88 bits per heavy atom. The molecule has 4 nitrogen and oxygen atoms in total. The molecule has 0 bridgehead atoms. The quantitative estimate of drug-likeness (QED) is 0.563. The molecule has 0 unspecified atom stereocenters. The maximum Gasteiger partial charge on any atom is 0.338 e. The van der Waals surface area contributed by atoms with Gasteiger partial charge in [0.25, 0.3) is 0 Å². The number of urea groups is 1. The zero-order chi connectivity index (χ0) is 17.6. The van der Waals surface area contributed by atoms with E-state index in [2.05, 4.69) is 10.7 Å². The smallest absolute Gasteiger partial charge is 0.305 e. The van der Waals surface area contributed by atoms with Crippen LogP contribution in [0.15, 0.2) is 78.9 Å². The molecule has 2 N–H and O–H groups in total. The maximum atomic E-state index is 12.5. The monoisotopic (exact) mass is 371 g/mol. The minimum Gasteiger partial charge on any atom is -0.305 e. The summed E-state index contributed by atoms with van der Waals surface area (Å²) in [5.74, 6) is 0. The number of nitrogens with one attached hydrogen (secondary N) is 2. The van der Waals surface area contributed by atoms with Crippen LogP contribution in [0.2, 0.25) is 10.0 Å². The molecule has 25 heavy (non-hydrogen) atoms. The van der Waals surface area contributed by atoms with Crippen LogP contribution in [0.25, 0.3) is 0 Å². The molecule has 3 rings (SSSR count). The second-order valence-electron chi connectivity index (χ2n) is 5.20. The fourth-order valence-electron chi connectivity index (χ4n) is 2.27. The summed E-state index contributed by atoms with van der Waals surface area (Å²) < 4.78 is 0. The number of anilines is 3. The fourth-order valence-corrected chi connectivity index (χ4v) is 2.73. The minimum atomic E-state index is -0.420. The van der Waals surface area contributed by atoms with Gasteiger partial charge in [-0.25, -0.2) is 10.2 Å². The van der Waals surface area contributed by atoms with Gasteiger partial charge in [-0.1, -0.05) is 59.6 Å². The molecule has 0 spiro atoms. The normalized spacial score (nSPS) is 10.2. The molecule has 0 aromatic heterocycles. The van der Waals surface area contributed by atoms with E-state index in [-0.39, 0.29) is 0 Å². The van der Waals surface area contributed by atoms with Crippen LogP contribution in [0.5, 0.6) is 0 Å². The van der Waals surface area contributed by atoms with Crippen molar-refractivity contribution in [1.82, 2.24) is 5.43 Å². The van der Waals surface area contributed by atoms with Crippen LogP contribution in [0.1, 0.15) is 0 Å². The van der Waals surface area contributed by atoms with E-state index in [0.717, 1.165) is 11.4 Å². The molecule has 0 saturated carbocycles. The van der Waals surface area contributed by atoms with Crippen LogP contribution in [0.4, 0.5) is 21.9 Å². The third-order valence-corrected chi connectivity index (χ3v) is 3.97. The molecule has 0 radical (unpaired) electrons. The van der Waals surface area contributed by atoms with E-state index in [4.69, 9.17) is 23.2 Å². The molecule has 6 heteroatoms. The summed E-state index contributed by atoms with van der Waals surface area (Å²) >= 11 is 12.0. The predicted molar refractivity (Wildman–Crippen MR) is 104 cm³/mol. The number of carbonyl (C=O) groups excluding carboxylic acids is 1. The second kappa shape index (κ2) is 7.92. The Labute approximate surface area is 156 Å². The molecule has 126 valence electrons. The van der Waals surface area contributed by atoms with Gasteiger partial charge in [-0.05, 0) is 42.5 Å². The lowest BCUT2D eigenvalue weighted by atomic mass is 10.2. The molecular weight excluding hydrogens is 357 g/mol. The molecule has 3 aromatic rings. The second-order valence-corrected chi connectivity index (χ2v) is 6.04. The number of rotatable bonds is 4. The third-order valence-electron chi connectivity index (χ3n) is 3.42. The lowest BCUT2D eigenvalue weighted by Gasteiger charge is -2.25. The summed E-state index contributed by atoms with van der Waals surface area (Å²) in [7, 11) is 0. The molecular formula is C19H15Cl2N3O. The molecule has 0 atom stereocenters. The molecule has 0 aliphatic carbocycles. The molecule has 0 fully saturated rings. The van der Waals surface area contributed by atoms with E-state index < -0.39 is 6.03 Å². The van der Waals surface area contributed by atoms with Gasteiger partial charge in [0.1, 0.15) is 0 Å². The predicted octanol–water partition coefficient (Wildman–Crippen LogP) is 5.87. The van der Waals surface area contributed by atoms with Gasteiger partial charge in [0, 0.05) is 5.02 Å². The van der Waals surface area contributed by atoms with Crippen LogP contribution in [-0.2, 0) is 0 Å². The Bertz CT molecular complexity index is 818. The minimum absolute atomic E-state index is 0.369. The number of para-hydroxylation sites is 2. The standard InChI is InChI=1S/C19H15Cl2N3O/c20-14-11-12-18(17(21)13-14)22-19(25)23-24(15-7-3-1-4-8-15)16-9-5-2-6-10-16/h1-13H,(H2,22,23,25). The van der Waals surface area contributed by atoms with E-state index in [1.165, 1.54) is 0 Å². The van der Waals surface area contributed by atoms with E-state index in [1.807, 2.05) is 60.7 Å². The van der Waals surface area contributed by atoms with Crippen molar-refractivity contribution in [2.45, 2.75) is 0 Å². The molecule has 0 aliphatic heterocycles. The van der Waals surface area contributed by atoms with Gasteiger partial charge < -0.3 is 5.32 Å². The summed E-state index contributed by atoms with van der Waals surface area (Å²) in [5, 5.41) is 5.29. The van der Waals surface area contributed by atoms with Gasteiger partial charge in [0.15, 0.2) is 0 Å². The van der Waals surface area contributed by atoms with Gasteiger partial charge in [-0.15, -0.1) is 0 Å². The topological polar surface area (TPSA) is 44.4 Å². The highest BCUT2D eigenvalue weighted by Gasteiger charge is 2.13. The first-order valence-corrected chi connectivity index (χ1v) is 8.32. The largest absolute Gasteiger partial charge is 0.338 e. The van der Waals surface area contributed by atoms with Crippen molar-refractivity contribution in [2.75, 3.05) is 10.3 Å². The highest BCUT2D eigenvalue weighted by atomic mass is 35.5. The average molecular weight is 372 g/mol. The number of nitrogens with zero attached hydrogens (tertiary/aromatic N) is 1. The fraction of sp³-hybridized carbons (Fsp3) is 0. The SMILES string of the molecule is O=C(Nc1ccc(Cl)cc1Cl)NN(c1ccccc1)c1ccccc1. The molecule has 0 saturated heterocycles. The zero-order valence-electron chi connectivity index (χ0n) is 13.1. The van der Waals surface area contributed by atoms with Gasteiger partial charge in [-0.3, -0.25) is 5.01 Å². The Morgan fingerprint density at radius 2 is 1.36 bits per heavy atom. The van der Waals surface area contributed by atoms with E-state index >= 15 is 0 Å². The van der Waals surface area contributed by atoms with Gasteiger partial charge in [0.2, 0.25) is 0 Å². The first kappa shape index (κ1) is 17.1. The summed E-state index contributed by atoms with van der Waals surface area (Å²) in [5.41, 5.74) is 4.96. The number of hydrogen-bond acceptors (Lipinski definition) is 2. The van der Waals surface area contributed by atoms with E-state index in [0.29, 0.717) is 15.7 Å². The molecule has 3 aromatic carbocycles. The van der Waals surface area contributed by atoms with Crippen molar-refractivity contribution in [3.63, 3.8) is 0 Å². The lowest BCUT2D eigenvalue weighted by Crippen LogP contribution is -2.41. The number of hydrazine groups is 1. The number of benzene rings is 3. The van der Waals surface area contributed by atoms with Crippen LogP contribution in [0, 0.1) is 0 Å². The van der Waals surface area contributed by atoms with Crippen molar-refractivity contribution in [3.05, 3.63) is 88.9 Å². The third kappa shape index (κ3) is 4.44. The maximum absolute atomic E-state index is 12.5. The summed E-state index contributed by atoms with van der Waals surface area (Å²) in [6.07, 6.45) is 0. The van der Waals surface area contributed by atoms with Gasteiger partial charge in [-0.2, -0.15) is 0 Å². The Balaban J connectivity index is 1.82. The van der Waals surface area contributed by atoms with Crippen molar-refractivity contribution < 1.29 is 4.79 Å². The highest BCUT2D eigenvalue weighted by molar-refractivity contribution is 6.36. The van der Waals surface area contributed by atoms with Crippen LogP contribution < -0.4 is 15.8 Å². The summed E-state index contributed by atoms with van der Waals surface area (Å²) in [4.78, 5) is 12.5. The van der Waals surface area contributed by atoms with Gasteiger partial charge in [0.05, 0.1) is 22.1 Å². The van der Waals surface area contributed by atoms with E-state index in [9.17, 15) is 4.79 Å². The highest BCUT2D eigenvalue weighted by Crippen LogP contribution is 2.26. The van der Waals surface area contributed by atoms with Crippen LogP contribution >= 0.6 is 23.2 Å². The lowest BCUT2D eigenvalue weighted by molar-refractivity contribution is 0.252.